The molecule has 1 aromatic rings. The van der Waals surface area contributed by atoms with Crippen molar-refractivity contribution in [2.24, 2.45) is 0 Å². The summed E-state index contributed by atoms with van der Waals surface area (Å²) < 4.78 is 38.7. The molecule has 1 rings (SSSR count). The Bertz CT molecular complexity index is 476. The van der Waals surface area contributed by atoms with Crippen molar-refractivity contribution in [1.82, 2.24) is 0 Å². The molecular formula is C14H22O5S. The molecule has 0 heterocycles. The Morgan fingerprint density at radius 1 is 1.00 bits per heavy atom. The molecule has 0 saturated carbocycles. The number of benzene rings is 1. The van der Waals surface area contributed by atoms with E-state index in [-0.39, 0.29) is 12.4 Å². The zero-order chi connectivity index (χ0) is 15.1. The molecule has 0 atom stereocenters. The molecule has 0 N–H and O–H groups in total. The van der Waals surface area contributed by atoms with Gasteiger partial charge in [0.15, 0.2) is 0 Å². The maximum atomic E-state index is 11.6. The minimum absolute atomic E-state index is 0.0938. The third-order valence-corrected chi connectivity index (χ3v) is 3.51. The topological polar surface area (TPSA) is 61.8 Å². The molecule has 1 aromatic carbocycles. The zero-order valence-corrected chi connectivity index (χ0v) is 13.0. The van der Waals surface area contributed by atoms with Gasteiger partial charge in [0.05, 0.1) is 24.6 Å². The summed E-state index contributed by atoms with van der Waals surface area (Å²) in [7, 11) is -3.54. The van der Waals surface area contributed by atoms with E-state index in [0.717, 1.165) is 5.75 Å². The van der Waals surface area contributed by atoms with Gasteiger partial charge in [-0.3, -0.25) is 4.18 Å². The lowest BCUT2D eigenvalue weighted by Crippen LogP contribution is -2.27. The Morgan fingerprint density at radius 3 is 2.25 bits per heavy atom. The van der Waals surface area contributed by atoms with Crippen LogP contribution in [0.25, 0.3) is 0 Å². The van der Waals surface area contributed by atoms with Crippen molar-refractivity contribution in [2.45, 2.75) is 26.4 Å². The first-order valence-electron chi connectivity index (χ1n) is 6.47. The summed E-state index contributed by atoms with van der Waals surface area (Å²) in [5.41, 5.74) is -0.713. The SMILES string of the molecule is CC(C)(C)OS(=O)(=O)CCOCCOc1ccccc1. The highest BCUT2D eigenvalue weighted by molar-refractivity contribution is 7.86. The Labute approximate surface area is 121 Å². The van der Waals surface area contributed by atoms with Gasteiger partial charge in [-0.1, -0.05) is 18.2 Å². The second-order valence-electron chi connectivity index (χ2n) is 5.23. The first kappa shape index (κ1) is 16.9. The average molecular weight is 302 g/mol. The summed E-state index contributed by atoms with van der Waals surface area (Å²) in [5.74, 6) is 0.607. The molecule has 0 radical (unpaired) electrons. The van der Waals surface area contributed by atoms with E-state index >= 15 is 0 Å². The van der Waals surface area contributed by atoms with Gasteiger partial charge in [-0.25, -0.2) is 0 Å². The number of para-hydroxylation sites is 1. The molecule has 0 fully saturated rings. The summed E-state index contributed by atoms with van der Waals surface area (Å²) in [6.45, 7) is 5.89. The molecule has 0 aliphatic heterocycles. The van der Waals surface area contributed by atoms with Gasteiger partial charge in [-0.2, -0.15) is 8.42 Å². The van der Waals surface area contributed by atoms with E-state index in [1.54, 1.807) is 20.8 Å². The second kappa shape index (κ2) is 7.61. The smallest absolute Gasteiger partial charge is 0.270 e. The quantitative estimate of drug-likeness (QED) is 0.544. The van der Waals surface area contributed by atoms with E-state index in [2.05, 4.69) is 0 Å². The third kappa shape index (κ3) is 8.14. The molecule has 5 nitrogen and oxygen atoms in total. The van der Waals surface area contributed by atoms with Gasteiger partial charge in [-0.15, -0.1) is 0 Å². The van der Waals surface area contributed by atoms with Gasteiger partial charge in [0.1, 0.15) is 12.4 Å². The molecule has 0 bridgehead atoms. The van der Waals surface area contributed by atoms with Crippen LogP contribution in [0.5, 0.6) is 5.75 Å². The minimum atomic E-state index is -3.54. The molecule has 0 saturated heterocycles. The molecule has 0 aliphatic carbocycles. The second-order valence-corrected chi connectivity index (χ2v) is 6.92. The molecule has 0 unspecified atom stereocenters. The van der Waals surface area contributed by atoms with Crippen LogP contribution in [0.15, 0.2) is 30.3 Å². The van der Waals surface area contributed by atoms with Crippen LogP contribution in [-0.4, -0.2) is 39.6 Å². The van der Waals surface area contributed by atoms with Crippen LogP contribution in [0, 0.1) is 0 Å². The van der Waals surface area contributed by atoms with Gasteiger partial charge in [0.2, 0.25) is 0 Å². The molecule has 0 amide bonds. The Hall–Kier alpha value is -1.11. The standard InChI is InChI=1S/C14H22O5S/c1-14(2,3)19-20(15,16)12-11-17-9-10-18-13-7-5-4-6-8-13/h4-8H,9-12H2,1-3H3. The highest BCUT2D eigenvalue weighted by Gasteiger charge is 2.21. The van der Waals surface area contributed by atoms with Gasteiger partial charge >= 0.3 is 0 Å². The van der Waals surface area contributed by atoms with Crippen molar-refractivity contribution in [3.8, 4) is 5.75 Å². The predicted octanol–water partition coefficient (Wildman–Crippen LogP) is 2.23. The summed E-state index contributed by atoms with van der Waals surface area (Å²) in [5, 5.41) is 0. The fourth-order valence-corrected chi connectivity index (χ4v) is 2.59. The third-order valence-electron chi connectivity index (χ3n) is 2.09. The normalized spacial score (nSPS) is 12.3. The van der Waals surface area contributed by atoms with Crippen LogP contribution in [0.1, 0.15) is 20.8 Å². The maximum absolute atomic E-state index is 11.6. The first-order valence-corrected chi connectivity index (χ1v) is 8.05. The van der Waals surface area contributed by atoms with Crippen LogP contribution < -0.4 is 4.74 Å². The van der Waals surface area contributed by atoms with E-state index in [1.165, 1.54) is 0 Å². The Morgan fingerprint density at radius 2 is 1.65 bits per heavy atom. The fourth-order valence-electron chi connectivity index (χ4n) is 1.42. The monoisotopic (exact) mass is 302 g/mol. The summed E-state index contributed by atoms with van der Waals surface area (Å²) in [6, 6.07) is 9.37. The van der Waals surface area contributed by atoms with E-state index < -0.39 is 15.7 Å². The van der Waals surface area contributed by atoms with E-state index in [0.29, 0.717) is 13.2 Å². The lowest BCUT2D eigenvalue weighted by atomic mass is 10.2. The van der Waals surface area contributed by atoms with Crippen molar-refractivity contribution in [3.63, 3.8) is 0 Å². The maximum Gasteiger partial charge on any atom is 0.270 e. The van der Waals surface area contributed by atoms with Crippen molar-refractivity contribution in [2.75, 3.05) is 25.6 Å². The molecule has 0 aliphatic rings. The van der Waals surface area contributed by atoms with Gasteiger partial charge in [0, 0.05) is 0 Å². The largest absolute Gasteiger partial charge is 0.491 e. The van der Waals surface area contributed by atoms with E-state index in [1.807, 2.05) is 30.3 Å². The van der Waals surface area contributed by atoms with Gasteiger partial charge in [-0.05, 0) is 32.9 Å². The Balaban J connectivity index is 2.13. The molecule has 0 spiro atoms. The van der Waals surface area contributed by atoms with Crippen LogP contribution in [0.2, 0.25) is 0 Å². The molecular weight excluding hydrogens is 280 g/mol. The summed E-state index contributed by atoms with van der Waals surface area (Å²) in [4.78, 5) is 0. The Kier molecular flexibility index (Phi) is 6.45. The minimum Gasteiger partial charge on any atom is -0.491 e. The number of hydrogen-bond donors (Lipinski definition) is 0. The van der Waals surface area contributed by atoms with Crippen LogP contribution >= 0.6 is 0 Å². The van der Waals surface area contributed by atoms with Crippen LogP contribution in [-0.2, 0) is 19.0 Å². The van der Waals surface area contributed by atoms with Crippen molar-refractivity contribution in [3.05, 3.63) is 30.3 Å². The van der Waals surface area contributed by atoms with Crippen molar-refractivity contribution in [1.29, 1.82) is 0 Å². The number of ether oxygens (including phenoxy) is 2. The fraction of sp³-hybridized carbons (Fsp3) is 0.571. The molecule has 0 aromatic heterocycles. The highest BCUT2D eigenvalue weighted by atomic mass is 32.2. The highest BCUT2D eigenvalue weighted by Crippen LogP contribution is 2.12. The van der Waals surface area contributed by atoms with Crippen molar-refractivity contribution < 1.29 is 22.1 Å². The number of hydrogen-bond acceptors (Lipinski definition) is 5. The summed E-state index contributed by atoms with van der Waals surface area (Å²) in [6.07, 6.45) is 0. The van der Waals surface area contributed by atoms with Gasteiger partial charge in [0.25, 0.3) is 10.1 Å². The first-order chi connectivity index (χ1) is 9.29. The van der Waals surface area contributed by atoms with E-state index in [9.17, 15) is 8.42 Å². The van der Waals surface area contributed by atoms with Crippen molar-refractivity contribution >= 4 is 10.1 Å². The van der Waals surface area contributed by atoms with Crippen LogP contribution in [0.4, 0.5) is 0 Å². The lowest BCUT2D eigenvalue weighted by molar-refractivity contribution is 0.104. The predicted molar refractivity (Wildman–Crippen MR) is 77.4 cm³/mol. The van der Waals surface area contributed by atoms with Crippen LogP contribution in [0.3, 0.4) is 0 Å². The van der Waals surface area contributed by atoms with Gasteiger partial charge < -0.3 is 9.47 Å². The zero-order valence-electron chi connectivity index (χ0n) is 12.2. The molecule has 20 heavy (non-hydrogen) atoms. The average Bonchev–Trinajstić information content (AvgIpc) is 2.32. The number of rotatable bonds is 8. The molecule has 6 heteroatoms. The van der Waals surface area contributed by atoms with E-state index in [4.69, 9.17) is 13.7 Å². The summed E-state index contributed by atoms with van der Waals surface area (Å²) >= 11 is 0. The lowest BCUT2D eigenvalue weighted by Gasteiger charge is -2.18. The molecule has 114 valence electrons.